The van der Waals surface area contributed by atoms with E-state index in [2.05, 4.69) is 11.9 Å². The highest BCUT2D eigenvalue weighted by Crippen LogP contribution is 2.24. The van der Waals surface area contributed by atoms with Gasteiger partial charge in [-0.3, -0.25) is 0 Å². The summed E-state index contributed by atoms with van der Waals surface area (Å²) in [5, 5.41) is 5.05. The Hall–Kier alpha value is -0.730. The Labute approximate surface area is 125 Å². The van der Waals surface area contributed by atoms with Gasteiger partial charge in [0.1, 0.15) is 4.21 Å². The molecule has 0 saturated carbocycles. The summed E-state index contributed by atoms with van der Waals surface area (Å²) < 4.78 is 31.8. The highest BCUT2D eigenvalue weighted by molar-refractivity contribution is 7.91. The second-order valence-corrected chi connectivity index (χ2v) is 7.27. The molecule has 5 nitrogen and oxygen atoms in total. The standard InChI is InChI=1S/C13H22N2O3S2/c1-4-6-15(7-8-18-3)20(16,17)13-9-12(11-19-13)10-14-5-2/h4,9,11,14H,1,5-8,10H2,2-3H3. The van der Waals surface area contributed by atoms with Crippen molar-refractivity contribution in [2.45, 2.75) is 17.7 Å². The van der Waals surface area contributed by atoms with Crippen molar-refractivity contribution in [3.05, 3.63) is 29.7 Å². The lowest BCUT2D eigenvalue weighted by Gasteiger charge is -2.19. The second-order valence-electron chi connectivity index (χ2n) is 4.20. The van der Waals surface area contributed by atoms with Crippen molar-refractivity contribution in [1.29, 1.82) is 0 Å². The third kappa shape index (κ3) is 4.68. The van der Waals surface area contributed by atoms with E-state index in [1.807, 2.05) is 12.3 Å². The van der Waals surface area contributed by atoms with Gasteiger partial charge in [-0.1, -0.05) is 13.0 Å². The van der Waals surface area contributed by atoms with Gasteiger partial charge in [0.15, 0.2) is 0 Å². The minimum atomic E-state index is -3.47. The number of nitrogens with one attached hydrogen (secondary N) is 1. The van der Waals surface area contributed by atoms with Crippen LogP contribution in [-0.4, -0.2) is 46.1 Å². The first-order valence-corrected chi connectivity index (χ1v) is 8.76. The Balaban J connectivity index is 2.88. The first-order valence-electron chi connectivity index (χ1n) is 6.44. The number of hydrogen-bond donors (Lipinski definition) is 1. The Morgan fingerprint density at radius 2 is 2.30 bits per heavy atom. The van der Waals surface area contributed by atoms with Gasteiger partial charge in [-0.15, -0.1) is 17.9 Å². The number of sulfonamides is 1. The number of hydrogen-bond acceptors (Lipinski definition) is 5. The van der Waals surface area contributed by atoms with Gasteiger partial charge in [-0.05, 0) is 23.6 Å². The lowest BCUT2D eigenvalue weighted by atomic mass is 10.3. The topological polar surface area (TPSA) is 58.6 Å². The van der Waals surface area contributed by atoms with E-state index >= 15 is 0 Å². The van der Waals surface area contributed by atoms with Crippen molar-refractivity contribution in [2.75, 3.05) is 33.4 Å². The highest BCUT2D eigenvalue weighted by atomic mass is 32.2. The average molecular weight is 318 g/mol. The Bertz CT molecular complexity index is 511. The molecule has 114 valence electrons. The minimum absolute atomic E-state index is 0.284. The molecule has 0 aliphatic carbocycles. The third-order valence-electron chi connectivity index (χ3n) is 2.68. The maximum atomic E-state index is 12.5. The molecular formula is C13H22N2O3S2. The molecule has 0 fully saturated rings. The van der Waals surface area contributed by atoms with Crippen LogP contribution in [0, 0.1) is 0 Å². The SMILES string of the molecule is C=CCN(CCOC)S(=O)(=O)c1cc(CNCC)cs1. The summed E-state index contributed by atoms with van der Waals surface area (Å²) in [5.74, 6) is 0. The van der Waals surface area contributed by atoms with Gasteiger partial charge in [-0.2, -0.15) is 4.31 Å². The number of ether oxygens (including phenoxy) is 1. The zero-order valence-corrected chi connectivity index (χ0v) is 13.6. The van der Waals surface area contributed by atoms with Crippen LogP contribution in [0.4, 0.5) is 0 Å². The smallest absolute Gasteiger partial charge is 0.252 e. The van der Waals surface area contributed by atoms with Crippen LogP contribution in [0.3, 0.4) is 0 Å². The predicted molar refractivity (Wildman–Crippen MR) is 82.5 cm³/mol. The number of nitrogens with zero attached hydrogens (tertiary/aromatic N) is 1. The zero-order chi connectivity index (χ0) is 15.0. The molecule has 1 N–H and O–H groups in total. The van der Waals surface area contributed by atoms with Crippen LogP contribution >= 0.6 is 11.3 Å². The molecule has 7 heteroatoms. The molecule has 0 saturated heterocycles. The Kier molecular flexibility index (Phi) is 7.39. The molecule has 0 bridgehead atoms. The zero-order valence-electron chi connectivity index (χ0n) is 12.0. The van der Waals surface area contributed by atoms with Gasteiger partial charge >= 0.3 is 0 Å². The van der Waals surface area contributed by atoms with E-state index in [0.29, 0.717) is 23.9 Å². The van der Waals surface area contributed by atoms with Crippen molar-refractivity contribution in [3.63, 3.8) is 0 Å². The van der Waals surface area contributed by atoms with Crippen LogP contribution in [0.1, 0.15) is 12.5 Å². The molecule has 0 aromatic carbocycles. The first kappa shape index (κ1) is 17.3. The van der Waals surface area contributed by atoms with Crippen molar-refractivity contribution >= 4 is 21.4 Å². The van der Waals surface area contributed by atoms with E-state index in [4.69, 9.17) is 4.74 Å². The number of methoxy groups -OCH3 is 1. The van der Waals surface area contributed by atoms with Crippen LogP contribution in [0.25, 0.3) is 0 Å². The molecule has 1 aromatic rings. The Morgan fingerprint density at radius 3 is 2.90 bits per heavy atom. The molecule has 0 atom stereocenters. The van der Waals surface area contributed by atoms with E-state index in [1.165, 1.54) is 15.6 Å². The maximum absolute atomic E-state index is 12.5. The van der Waals surface area contributed by atoms with E-state index < -0.39 is 10.0 Å². The van der Waals surface area contributed by atoms with Gasteiger partial charge in [0.25, 0.3) is 10.0 Å². The summed E-state index contributed by atoms with van der Waals surface area (Å²) in [7, 11) is -1.91. The normalized spacial score (nSPS) is 11.9. The molecule has 0 spiro atoms. The molecular weight excluding hydrogens is 296 g/mol. The van der Waals surface area contributed by atoms with Crippen LogP contribution in [0.15, 0.2) is 28.3 Å². The lowest BCUT2D eigenvalue weighted by molar-refractivity contribution is 0.182. The van der Waals surface area contributed by atoms with Crippen LogP contribution < -0.4 is 5.32 Å². The fourth-order valence-corrected chi connectivity index (χ4v) is 4.38. The van der Waals surface area contributed by atoms with E-state index in [-0.39, 0.29) is 6.54 Å². The van der Waals surface area contributed by atoms with E-state index in [9.17, 15) is 8.42 Å². The number of rotatable bonds is 10. The fourth-order valence-electron chi connectivity index (χ4n) is 1.62. The largest absolute Gasteiger partial charge is 0.383 e. The molecule has 0 unspecified atom stereocenters. The minimum Gasteiger partial charge on any atom is -0.383 e. The van der Waals surface area contributed by atoms with Crippen LogP contribution in [0.5, 0.6) is 0 Å². The van der Waals surface area contributed by atoms with Gasteiger partial charge in [0.2, 0.25) is 0 Å². The Morgan fingerprint density at radius 1 is 1.55 bits per heavy atom. The quantitative estimate of drug-likeness (QED) is 0.667. The van der Waals surface area contributed by atoms with Gasteiger partial charge in [0.05, 0.1) is 6.61 Å². The molecule has 1 rings (SSSR count). The van der Waals surface area contributed by atoms with Crippen LogP contribution in [-0.2, 0) is 21.3 Å². The molecule has 0 aliphatic heterocycles. The summed E-state index contributed by atoms with van der Waals surface area (Å²) in [5.41, 5.74) is 0.987. The molecule has 20 heavy (non-hydrogen) atoms. The summed E-state index contributed by atoms with van der Waals surface area (Å²) in [6.45, 7) is 8.13. The molecule has 0 radical (unpaired) electrons. The van der Waals surface area contributed by atoms with Gasteiger partial charge in [0, 0.05) is 26.7 Å². The molecule has 1 aromatic heterocycles. The lowest BCUT2D eigenvalue weighted by Crippen LogP contribution is -2.33. The van der Waals surface area contributed by atoms with Gasteiger partial charge < -0.3 is 10.1 Å². The van der Waals surface area contributed by atoms with Crippen molar-refractivity contribution in [3.8, 4) is 0 Å². The predicted octanol–water partition coefficient (Wildman–Crippen LogP) is 1.68. The number of thiophene rings is 1. The summed E-state index contributed by atoms with van der Waals surface area (Å²) in [6, 6.07) is 1.73. The molecule has 1 heterocycles. The maximum Gasteiger partial charge on any atom is 0.252 e. The second kappa shape index (κ2) is 8.53. The van der Waals surface area contributed by atoms with Crippen molar-refractivity contribution in [1.82, 2.24) is 9.62 Å². The third-order valence-corrected chi connectivity index (χ3v) is 6.01. The van der Waals surface area contributed by atoms with Crippen LogP contribution in [0.2, 0.25) is 0 Å². The average Bonchev–Trinajstić information content (AvgIpc) is 2.90. The van der Waals surface area contributed by atoms with Crippen molar-refractivity contribution in [2.24, 2.45) is 0 Å². The summed E-state index contributed by atoms with van der Waals surface area (Å²) in [6.07, 6.45) is 1.58. The van der Waals surface area contributed by atoms with E-state index in [1.54, 1.807) is 19.3 Å². The monoisotopic (exact) mass is 318 g/mol. The van der Waals surface area contributed by atoms with Gasteiger partial charge in [-0.25, -0.2) is 8.42 Å². The van der Waals surface area contributed by atoms with Crippen molar-refractivity contribution < 1.29 is 13.2 Å². The van der Waals surface area contributed by atoms with E-state index in [0.717, 1.165) is 12.1 Å². The first-order chi connectivity index (χ1) is 9.56. The fraction of sp³-hybridized carbons (Fsp3) is 0.538. The summed E-state index contributed by atoms with van der Waals surface area (Å²) in [4.78, 5) is 0. The highest BCUT2D eigenvalue weighted by Gasteiger charge is 2.24. The summed E-state index contributed by atoms with van der Waals surface area (Å²) >= 11 is 1.25. The molecule has 0 amide bonds. The molecule has 0 aliphatic rings.